The molecule has 0 spiro atoms. The molecule has 1 atom stereocenters. The summed E-state index contributed by atoms with van der Waals surface area (Å²) in [7, 11) is 0. The number of hydrogen-bond donors (Lipinski definition) is 3. The molecule has 1 aromatic rings. The fourth-order valence-corrected chi connectivity index (χ4v) is 2.52. The lowest BCUT2D eigenvalue weighted by atomic mass is 10.0. The molecule has 1 amide bonds. The number of carbonyl (C=O) groups is 1. The molecule has 0 aliphatic carbocycles. The Morgan fingerprint density at radius 3 is 2.76 bits per heavy atom. The van der Waals surface area contributed by atoms with Crippen LogP contribution in [0.25, 0.3) is 0 Å². The number of H-pyrrole nitrogens is 1. The largest absolute Gasteiger partial charge is 0.379 e. The number of rotatable bonds is 6. The Morgan fingerprint density at radius 1 is 1.48 bits per heavy atom. The van der Waals surface area contributed by atoms with Crippen LogP contribution in [-0.4, -0.2) is 64.9 Å². The van der Waals surface area contributed by atoms with E-state index in [9.17, 15) is 4.79 Å². The van der Waals surface area contributed by atoms with Crippen molar-refractivity contribution in [2.45, 2.75) is 26.3 Å². The Hall–Kier alpha value is -1.67. The van der Waals surface area contributed by atoms with Gasteiger partial charge in [0.15, 0.2) is 0 Å². The van der Waals surface area contributed by atoms with Gasteiger partial charge in [-0.05, 0) is 12.3 Å². The summed E-state index contributed by atoms with van der Waals surface area (Å²) in [5.74, 6) is 0.515. The molecule has 0 radical (unpaired) electrons. The molecular weight excluding hydrogens is 272 g/mol. The molecule has 0 aromatic carbocycles. The number of aromatic amines is 1. The zero-order valence-corrected chi connectivity index (χ0v) is 12.6. The van der Waals surface area contributed by atoms with Gasteiger partial charge < -0.3 is 15.8 Å². The first kappa shape index (κ1) is 15.7. The van der Waals surface area contributed by atoms with Crippen molar-refractivity contribution in [1.29, 1.82) is 0 Å². The predicted molar refractivity (Wildman–Crippen MR) is 78.8 cm³/mol. The van der Waals surface area contributed by atoms with Crippen LogP contribution in [0.5, 0.6) is 0 Å². The van der Waals surface area contributed by atoms with E-state index in [0.29, 0.717) is 18.5 Å². The number of anilines is 1. The molecule has 1 unspecified atom stereocenters. The monoisotopic (exact) mass is 296 g/mol. The van der Waals surface area contributed by atoms with Gasteiger partial charge in [0, 0.05) is 25.7 Å². The molecule has 0 bridgehead atoms. The molecule has 4 N–H and O–H groups in total. The first-order valence-electron chi connectivity index (χ1n) is 7.34. The predicted octanol–water partition coefficient (Wildman–Crippen LogP) is -0.136. The molecule has 8 nitrogen and oxygen atoms in total. The normalized spacial score (nSPS) is 17.9. The Kier molecular flexibility index (Phi) is 5.51. The topological polar surface area (TPSA) is 109 Å². The van der Waals surface area contributed by atoms with E-state index in [1.54, 1.807) is 0 Å². The van der Waals surface area contributed by atoms with Gasteiger partial charge in [0.05, 0.1) is 13.2 Å². The Bertz CT molecular complexity index is 455. The number of ether oxygens (including phenoxy) is 1. The van der Waals surface area contributed by atoms with E-state index in [1.807, 2.05) is 0 Å². The van der Waals surface area contributed by atoms with Crippen LogP contribution in [0.2, 0.25) is 0 Å². The van der Waals surface area contributed by atoms with Crippen molar-refractivity contribution in [1.82, 2.24) is 25.4 Å². The minimum absolute atomic E-state index is 0.0760. The summed E-state index contributed by atoms with van der Waals surface area (Å²) >= 11 is 0. The van der Waals surface area contributed by atoms with E-state index in [0.717, 1.165) is 32.7 Å². The summed E-state index contributed by atoms with van der Waals surface area (Å²) in [4.78, 5) is 18.2. The summed E-state index contributed by atoms with van der Waals surface area (Å²) in [6, 6.07) is 0.304. The highest BCUT2D eigenvalue weighted by atomic mass is 16.5. The molecule has 0 saturated carbocycles. The van der Waals surface area contributed by atoms with E-state index in [4.69, 9.17) is 10.5 Å². The smallest absolute Gasteiger partial charge is 0.288 e. The molecule has 1 aromatic heterocycles. The molecule has 1 fully saturated rings. The summed E-state index contributed by atoms with van der Waals surface area (Å²) in [5, 5.41) is 9.08. The fraction of sp³-hybridized carbons (Fsp3) is 0.769. The Labute approximate surface area is 124 Å². The van der Waals surface area contributed by atoms with Crippen LogP contribution >= 0.6 is 0 Å². The summed E-state index contributed by atoms with van der Waals surface area (Å²) in [6.07, 6.45) is 1.03. The van der Waals surface area contributed by atoms with Gasteiger partial charge in [-0.15, -0.1) is 5.10 Å². The summed E-state index contributed by atoms with van der Waals surface area (Å²) in [5.41, 5.74) is 5.40. The van der Waals surface area contributed by atoms with Crippen LogP contribution in [0.3, 0.4) is 0 Å². The molecule has 2 heterocycles. The number of nitrogens with two attached hydrogens (primary N) is 1. The summed E-state index contributed by atoms with van der Waals surface area (Å²) < 4.78 is 5.39. The Morgan fingerprint density at radius 2 is 2.19 bits per heavy atom. The maximum Gasteiger partial charge on any atom is 0.288 e. The summed E-state index contributed by atoms with van der Waals surface area (Å²) in [6.45, 7) is 8.27. The number of nitrogens with one attached hydrogen (secondary N) is 2. The molecule has 118 valence electrons. The van der Waals surface area contributed by atoms with Crippen LogP contribution in [0.1, 0.15) is 30.9 Å². The van der Waals surface area contributed by atoms with Gasteiger partial charge in [0.1, 0.15) is 0 Å². The molecule has 2 rings (SSSR count). The van der Waals surface area contributed by atoms with Gasteiger partial charge in [0.25, 0.3) is 5.91 Å². The van der Waals surface area contributed by atoms with E-state index >= 15 is 0 Å². The lowest BCUT2D eigenvalue weighted by Crippen LogP contribution is -2.49. The van der Waals surface area contributed by atoms with Gasteiger partial charge in [-0.1, -0.05) is 13.8 Å². The second-order valence-electron chi connectivity index (χ2n) is 5.68. The van der Waals surface area contributed by atoms with Crippen molar-refractivity contribution in [2.24, 2.45) is 5.92 Å². The number of aromatic nitrogens is 3. The van der Waals surface area contributed by atoms with Crippen molar-refractivity contribution in [3.05, 3.63) is 5.82 Å². The third-order valence-corrected chi connectivity index (χ3v) is 3.52. The van der Waals surface area contributed by atoms with Crippen LogP contribution in [0.4, 0.5) is 5.95 Å². The van der Waals surface area contributed by atoms with Gasteiger partial charge in [-0.2, -0.15) is 4.98 Å². The van der Waals surface area contributed by atoms with Gasteiger partial charge in [-0.25, -0.2) is 0 Å². The van der Waals surface area contributed by atoms with Gasteiger partial charge in [0.2, 0.25) is 11.8 Å². The van der Waals surface area contributed by atoms with Crippen molar-refractivity contribution in [3.63, 3.8) is 0 Å². The van der Waals surface area contributed by atoms with Crippen LogP contribution in [0, 0.1) is 5.92 Å². The average molecular weight is 296 g/mol. The zero-order chi connectivity index (χ0) is 15.2. The van der Waals surface area contributed by atoms with Crippen molar-refractivity contribution >= 4 is 11.9 Å². The third kappa shape index (κ3) is 4.68. The highest BCUT2D eigenvalue weighted by Gasteiger charge is 2.23. The number of nitrogens with zero attached hydrogens (tertiary/aromatic N) is 3. The average Bonchev–Trinajstić information content (AvgIpc) is 2.90. The second-order valence-corrected chi connectivity index (χ2v) is 5.68. The minimum atomic E-state index is -0.277. The van der Waals surface area contributed by atoms with E-state index in [1.165, 1.54) is 0 Å². The third-order valence-electron chi connectivity index (χ3n) is 3.52. The van der Waals surface area contributed by atoms with Crippen LogP contribution in [0.15, 0.2) is 0 Å². The van der Waals surface area contributed by atoms with Crippen LogP contribution < -0.4 is 11.1 Å². The van der Waals surface area contributed by atoms with E-state index in [2.05, 4.69) is 39.2 Å². The van der Waals surface area contributed by atoms with Gasteiger partial charge in [-0.3, -0.25) is 14.8 Å². The van der Waals surface area contributed by atoms with Crippen LogP contribution in [-0.2, 0) is 4.74 Å². The number of nitrogen functional groups attached to an aromatic ring is 1. The number of carbonyl (C=O) groups excluding carboxylic acids is 1. The van der Waals surface area contributed by atoms with Crippen molar-refractivity contribution in [3.8, 4) is 0 Å². The maximum atomic E-state index is 12.0. The molecule has 1 aliphatic rings. The highest BCUT2D eigenvalue weighted by Crippen LogP contribution is 2.13. The quantitative estimate of drug-likeness (QED) is 0.674. The number of morpholine rings is 1. The molecule has 21 heavy (non-hydrogen) atoms. The first-order valence-corrected chi connectivity index (χ1v) is 7.34. The molecule has 1 saturated heterocycles. The highest BCUT2D eigenvalue weighted by molar-refractivity contribution is 5.90. The second kappa shape index (κ2) is 7.37. The van der Waals surface area contributed by atoms with E-state index < -0.39 is 0 Å². The number of amides is 1. The minimum Gasteiger partial charge on any atom is -0.379 e. The molecule has 1 aliphatic heterocycles. The van der Waals surface area contributed by atoms with Gasteiger partial charge >= 0.3 is 0 Å². The molecular formula is C13H24N6O2. The Balaban J connectivity index is 1.90. The van der Waals surface area contributed by atoms with E-state index in [-0.39, 0.29) is 17.7 Å². The fourth-order valence-electron chi connectivity index (χ4n) is 2.52. The molecule has 8 heteroatoms. The SMILES string of the molecule is CC(C)CC(CNC(=O)c1nc(N)n[nH]1)N1CCOCC1. The first-order chi connectivity index (χ1) is 10.1. The lowest BCUT2D eigenvalue weighted by molar-refractivity contribution is 0.0124. The lowest BCUT2D eigenvalue weighted by Gasteiger charge is -2.35. The zero-order valence-electron chi connectivity index (χ0n) is 12.6. The van der Waals surface area contributed by atoms with Crippen molar-refractivity contribution < 1.29 is 9.53 Å². The standard InChI is InChI=1S/C13H24N6O2/c1-9(2)7-10(19-3-5-21-6-4-19)8-15-12(20)11-16-13(14)18-17-11/h9-10H,3-8H2,1-2H3,(H,15,20)(H3,14,16,17,18). The van der Waals surface area contributed by atoms with Crippen molar-refractivity contribution in [2.75, 3.05) is 38.6 Å². The number of hydrogen-bond acceptors (Lipinski definition) is 6. The maximum absolute atomic E-state index is 12.0.